The summed E-state index contributed by atoms with van der Waals surface area (Å²) >= 11 is 0. The van der Waals surface area contributed by atoms with E-state index in [4.69, 9.17) is 4.52 Å². The average Bonchev–Trinajstić information content (AvgIpc) is 3.19. The van der Waals surface area contributed by atoms with Crippen LogP contribution in [0.15, 0.2) is 4.52 Å². The smallest absolute Gasteiger partial charge is 0.326 e. The minimum absolute atomic E-state index is 0.0945. The third-order valence-corrected chi connectivity index (χ3v) is 5.64. The highest BCUT2D eigenvalue weighted by atomic mass is 16.5. The Balaban J connectivity index is 1.41. The van der Waals surface area contributed by atoms with Gasteiger partial charge in [-0.2, -0.15) is 4.98 Å². The van der Waals surface area contributed by atoms with Crippen molar-refractivity contribution >= 4 is 11.9 Å². The van der Waals surface area contributed by atoms with Crippen LogP contribution in [0.4, 0.5) is 0 Å². The molecule has 0 aromatic carbocycles. The predicted molar refractivity (Wildman–Crippen MR) is 83.2 cm³/mol. The van der Waals surface area contributed by atoms with Gasteiger partial charge in [-0.15, -0.1) is 0 Å². The van der Waals surface area contributed by atoms with E-state index in [0.29, 0.717) is 30.6 Å². The summed E-state index contributed by atoms with van der Waals surface area (Å²) in [6, 6.07) is -0.577. The minimum atomic E-state index is -0.883. The van der Waals surface area contributed by atoms with Crippen molar-refractivity contribution in [2.45, 2.75) is 75.8 Å². The lowest BCUT2D eigenvalue weighted by Gasteiger charge is -2.33. The second-order valence-corrected chi connectivity index (χ2v) is 7.32. The molecule has 0 bridgehead atoms. The molecule has 1 aliphatic heterocycles. The zero-order chi connectivity index (χ0) is 16.7. The fraction of sp³-hybridized carbons (Fsp3) is 0.765. The molecule has 3 unspecified atom stereocenters. The summed E-state index contributed by atoms with van der Waals surface area (Å²) < 4.78 is 5.21. The molecule has 7 heteroatoms. The van der Waals surface area contributed by atoms with Crippen LogP contribution in [0.3, 0.4) is 0 Å². The Kier molecular flexibility index (Phi) is 4.02. The van der Waals surface area contributed by atoms with E-state index in [1.165, 1.54) is 0 Å². The van der Waals surface area contributed by atoms with Crippen LogP contribution in [-0.4, -0.2) is 44.1 Å². The van der Waals surface area contributed by atoms with E-state index in [9.17, 15) is 14.7 Å². The SMILES string of the molecule is O=C(O)C1CC2CCCCC2N1C(=O)CCc1nc(C2CC2)no1. The van der Waals surface area contributed by atoms with Gasteiger partial charge in [-0.25, -0.2) is 4.79 Å². The van der Waals surface area contributed by atoms with E-state index in [1.54, 1.807) is 4.90 Å². The molecule has 3 fully saturated rings. The molecule has 1 amide bonds. The summed E-state index contributed by atoms with van der Waals surface area (Å²) in [5.41, 5.74) is 0. The Bertz CT molecular complexity index is 640. The van der Waals surface area contributed by atoms with Gasteiger partial charge in [-0.05, 0) is 38.0 Å². The molecule has 2 saturated carbocycles. The van der Waals surface area contributed by atoms with Crippen molar-refractivity contribution in [3.63, 3.8) is 0 Å². The largest absolute Gasteiger partial charge is 0.480 e. The van der Waals surface area contributed by atoms with Gasteiger partial charge in [0.25, 0.3) is 0 Å². The van der Waals surface area contributed by atoms with Crippen LogP contribution in [-0.2, 0) is 16.0 Å². The van der Waals surface area contributed by atoms with Gasteiger partial charge < -0.3 is 14.5 Å². The van der Waals surface area contributed by atoms with Crippen molar-refractivity contribution in [2.75, 3.05) is 0 Å². The van der Waals surface area contributed by atoms with Crippen molar-refractivity contribution in [2.24, 2.45) is 5.92 Å². The number of aryl methyl sites for hydroxylation is 1. The number of rotatable bonds is 5. The topological polar surface area (TPSA) is 96.5 Å². The predicted octanol–water partition coefficient (Wildman–Crippen LogP) is 2.12. The van der Waals surface area contributed by atoms with Crippen LogP contribution in [0.2, 0.25) is 0 Å². The van der Waals surface area contributed by atoms with Crippen LogP contribution in [0.25, 0.3) is 0 Å². The maximum atomic E-state index is 12.7. The third kappa shape index (κ3) is 2.91. The summed E-state index contributed by atoms with van der Waals surface area (Å²) in [4.78, 5) is 30.3. The first-order chi connectivity index (χ1) is 11.6. The lowest BCUT2D eigenvalue weighted by atomic mass is 9.84. The quantitative estimate of drug-likeness (QED) is 0.886. The molecule has 3 aliphatic rings. The number of likely N-dealkylation sites (tertiary alicyclic amines) is 1. The summed E-state index contributed by atoms with van der Waals surface area (Å²) in [5, 5.41) is 13.5. The highest BCUT2D eigenvalue weighted by Gasteiger charge is 2.47. The van der Waals surface area contributed by atoms with E-state index in [2.05, 4.69) is 10.1 Å². The number of aromatic nitrogens is 2. The highest BCUT2D eigenvalue weighted by Crippen LogP contribution is 2.40. The van der Waals surface area contributed by atoms with E-state index in [0.717, 1.165) is 44.3 Å². The summed E-state index contributed by atoms with van der Waals surface area (Å²) in [5.74, 6) is 1.02. The van der Waals surface area contributed by atoms with Gasteiger partial charge in [-0.3, -0.25) is 4.79 Å². The minimum Gasteiger partial charge on any atom is -0.480 e. The molecular formula is C17H23N3O4. The number of hydrogen-bond acceptors (Lipinski definition) is 5. The summed E-state index contributed by atoms with van der Waals surface area (Å²) in [7, 11) is 0. The first kappa shape index (κ1) is 15.6. The fourth-order valence-electron chi connectivity index (χ4n) is 4.26. The van der Waals surface area contributed by atoms with Gasteiger partial charge in [0.05, 0.1) is 0 Å². The molecule has 3 atom stereocenters. The first-order valence-corrected chi connectivity index (χ1v) is 9.00. The molecular weight excluding hydrogens is 310 g/mol. The first-order valence-electron chi connectivity index (χ1n) is 9.00. The number of amides is 1. The second-order valence-electron chi connectivity index (χ2n) is 7.32. The number of carbonyl (C=O) groups excluding carboxylic acids is 1. The van der Waals surface area contributed by atoms with Gasteiger partial charge in [0.1, 0.15) is 6.04 Å². The number of hydrogen-bond donors (Lipinski definition) is 1. The summed E-state index contributed by atoms with van der Waals surface area (Å²) in [6.07, 6.45) is 7.60. The summed E-state index contributed by atoms with van der Waals surface area (Å²) in [6.45, 7) is 0. The van der Waals surface area contributed by atoms with Crippen molar-refractivity contribution in [3.8, 4) is 0 Å². The zero-order valence-corrected chi connectivity index (χ0v) is 13.7. The monoisotopic (exact) mass is 333 g/mol. The number of nitrogens with zero attached hydrogens (tertiary/aromatic N) is 3. The maximum Gasteiger partial charge on any atom is 0.326 e. The standard InChI is InChI=1S/C17H23N3O4/c21-15(8-7-14-18-16(19-24-14)10-5-6-10)20-12-4-2-1-3-11(12)9-13(20)17(22)23/h10-13H,1-9H2,(H,22,23). The average molecular weight is 333 g/mol. The van der Waals surface area contributed by atoms with Crippen molar-refractivity contribution in [1.82, 2.24) is 15.0 Å². The van der Waals surface area contributed by atoms with Gasteiger partial charge in [0, 0.05) is 24.8 Å². The van der Waals surface area contributed by atoms with E-state index in [-0.39, 0.29) is 18.4 Å². The van der Waals surface area contributed by atoms with Crippen LogP contribution < -0.4 is 0 Å². The van der Waals surface area contributed by atoms with E-state index < -0.39 is 12.0 Å². The lowest BCUT2D eigenvalue weighted by Crippen LogP contribution is -2.46. The molecule has 1 aromatic rings. The number of carbonyl (C=O) groups is 2. The molecule has 1 aromatic heterocycles. The molecule has 7 nitrogen and oxygen atoms in total. The Hall–Kier alpha value is -1.92. The Labute approximate surface area is 140 Å². The molecule has 4 rings (SSSR count). The van der Waals surface area contributed by atoms with Gasteiger partial charge in [-0.1, -0.05) is 18.0 Å². The number of carboxylic acids is 1. The lowest BCUT2D eigenvalue weighted by molar-refractivity contribution is -0.149. The van der Waals surface area contributed by atoms with Gasteiger partial charge in [0.15, 0.2) is 5.82 Å². The fourth-order valence-corrected chi connectivity index (χ4v) is 4.26. The van der Waals surface area contributed by atoms with Crippen LogP contribution in [0, 0.1) is 5.92 Å². The number of fused-ring (bicyclic) bond motifs is 1. The molecule has 2 aliphatic carbocycles. The van der Waals surface area contributed by atoms with Crippen LogP contribution in [0.1, 0.15) is 69.0 Å². The Morgan fingerprint density at radius 1 is 1.21 bits per heavy atom. The van der Waals surface area contributed by atoms with Crippen molar-refractivity contribution in [1.29, 1.82) is 0 Å². The molecule has 1 N–H and O–H groups in total. The second kappa shape index (κ2) is 6.18. The zero-order valence-electron chi connectivity index (χ0n) is 13.7. The van der Waals surface area contributed by atoms with Gasteiger partial charge >= 0.3 is 5.97 Å². The van der Waals surface area contributed by atoms with Crippen LogP contribution in [0.5, 0.6) is 0 Å². The Morgan fingerprint density at radius 2 is 2.00 bits per heavy atom. The van der Waals surface area contributed by atoms with Crippen LogP contribution >= 0.6 is 0 Å². The molecule has 130 valence electrons. The molecule has 2 heterocycles. The van der Waals surface area contributed by atoms with Crippen molar-refractivity contribution in [3.05, 3.63) is 11.7 Å². The number of carboxylic acid groups (broad SMARTS) is 1. The molecule has 0 spiro atoms. The normalized spacial score (nSPS) is 29.5. The number of aliphatic carboxylic acids is 1. The molecule has 24 heavy (non-hydrogen) atoms. The van der Waals surface area contributed by atoms with Crippen molar-refractivity contribution < 1.29 is 19.2 Å². The van der Waals surface area contributed by atoms with E-state index in [1.807, 2.05) is 0 Å². The third-order valence-electron chi connectivity index (χ3n) is 5.64. The highest BCUT2D eigenvalue weighted by molar-refractivity contribution is 5.84. The molecule has 0 radical (unpaired) electrons. The molecule has 1 saturated heterocycles. The van der Waals surface area contributed by atoms with Gasteiger partial charge in [0.2, 0.25) is 11.8 Å². The van der Waals surface area contributed by atoms with E-state index >= 15 is 0 Å². The maximum absolute atomic E-state index is 12.7. The Morgan fingerprint density at radius 3 is 2.75 bits per heavy atom.